The molecule has 0 saturated heterocycles. The van der Waals surface area contributed by atoms with Crippen molar-refractivity contribution in [3.63, 3.8) is 0 Å². The van der Waals surface area contributed by atoms with E-state index in [9.17, 15) is 4.79 Å². The van der Waals surface area contributed by atoms with E-state index in [1.165, 1.54) is 0 Å². The lowest BCUT2D eigenvalue weighted by atomic mass is 9.92. The van der Waals surface area contributed by atoms with Crippen molar-refractivity contribution < 1.29 is 4.79 Å². The van der Waals surface area contributed by atoms with E-state index in [2.05, 4.69) is 23.6 Å². The van der Waals surface area contributed by atoms with E-state index in [4.69, 9.17) is 10.7 Å². The van der Waals surface area contributed by atoms with Gasteiger partial charge in [0.2, 0.25) is 0 Å². The summed E-state index contributed by atoms with van der Waals surface area (Å²) in [7, 11) is 0. The molecule has 0 saturated carbocycles. The van der Waals surface area contributed by atoms with Crippen LogP contribution in [0, 0.1) is 0 Å². The largest absolute Gasteiger partial charge is 0.397 e. The van der Waals surface area contributed by atoms with Crippen molar-refractivity contribution in [1.82, 2.24) is 9.55 Å². The lowest BCUT2D eigenvalue weighted by Crippen LogP contribution is -2.16. The third-order valence-corrected chi connectivity index (χ3v) is 4.42. The third-order valence-electron chi connectivity index (χ3n) is 4.42. The first kappa shape index (κ1) is 12.4. The van der Waals surface area contributed by atoms with E-state index < -0.39 is 0 Å². The van der Waals surface area contributed by atoms with E-state index in [1.807, 2.05) is 12.1 Å². The van der Waals surface area contributed by atoms with Crippen molar-refractivity contribution in [2.75, 3.05) is 5.73 Å². The predicted molar refractivity (Wildman–Crippen MR) is 84.6 cm³/mol. The van der Waals surface area contributed by atoms with Crippen LogP contribution in [0.4, 0.5) is 5.69 Å². The molecule has 106 valence electrons. The van der Waals surface area contributed by atoms with Crippen molar-refractivity contribution in [2.24, 2.45) is 0 Å². The number of Topliss-reactive ketones (excluding diaryl/α,β-unsaturated/α-hetero) is 1. The number of benzene rings is 1. The average Bonchev–Trinajstić information content (AvgIpc) is 2.81. The fraction of sp³-hybridized carbons (Fsp3) is 0.294. The smallest absolute Gasteiger partial charge is 0.166 e. The van der Waals surface area contributed by atoms with Crippen LogP contribution in [0.3, 0.4) is 0 Å². The molecule has 0 spiro atoms. The number of aromatic nitrogens is 2. The van der Waals surface area contributed by atoms with Crippen molar-refractivity contribution in [3.8, 4) is 0 Å². The van der Waals surface area contributed by atoms with Crippen LogP contribution in [-0.4, -0.2) is 15.3 Å². The number of para-hydroxylation sites is 1. The van der Waals surface area contributed by atoms with Crippen LogP contribution in [0.1, 0.15) is 35.8 Å². The Kier molecular flexibility index (Phi) is 2.55. The molecule has 0 unspecified atom stereocenters. The molecule has 1 aliphatic rings. The Labute approximate surface area is 122 Å². The second kappa shape index (κ2) is 4.32. The molecule has 1 aliphatic carbocycles. The first-order chi connectivity index (χ1) is 10.2. The van der Waals surface area contributed by atoms with Crippen LogP contribution in [0.25, 0.3) is 21.9 Å². The fourth-order valence-corrected chi connectivity index (χ4v) is 3.49. The van der Waals surface area contributed by atoms with Crippen molar-refractivity contribution >= 4 is 33.4 Å². The van der Waals surface area contributed by atoms with Crippen molar-refractivity contribution in [3.05, 3.63) is 35.5 Å². The second-order valence-corrected chi connectivity index (χ2v) is 5.58. The van der Waals surface area contributed by atoms with Gasteiger partial charge in [0.15, 0.2) is 5.78 Å². The van der Waals surface area contributed by atoms with Gasteiger partial charge in [-0.1, -0.05) is 18.2 Å². The molecule has 0 radical (unpaired) electrons. The second-order valence-electron chi connectivity index (χ2n) is 5.58. The highest BCUT2D eigenvalue weighted by Gasteiger charge is 2.25. The summed E-state index contributed by atoms with van der Waals surface area (Å²) in [4.78, 5) is 17.0. The molecule has 2 aromatic heterocycles. The molecule has 4 rings (SSSR count). The average molecular weight is 279 g/mol. The van der Waals surface area contributed by atoms with E-state index in [1.54, 1.807) is 0 Å². The molecule has 21 heavy (non-hydrogen) atoms. The van der Waals surface area contributed by atoms with Gasteiger partial charge < -0.3 is 10.3 Å². The lowest BCUT2D eigenvalue weighted by molar-refractivity contribution is 0.0973. The standard InChI is InChI=1S/C17H17N3O/c1-2-20-12-8-4-3-6-10(12)14-16(18)15-11(19-17(14)20)7-5-9-13(15)21/h3-4,6,8H,2,5,7,9H2,1H3,(H2,18,19). The number of rotatable bonds is 1. The molecular formula is C17H17N3O. The van der Waals surface area contributed by atoms with Crippen molar-refractivity contribution in [1.29, 1.82) is 0 Å². The molecule has 2 N–H and O–H groups in total. The van der Waals surface area contributed by atoms with Crippen LogP contribution in [0.2, 0.25) is 0 Å². The molecule has 0 aliphatic heterocycles. The molecule has 4 heteroatoms. The van der Waals surface area contributed by atoms with E-state index in [0.29, 0.717) is 17.7 Å². The van der Waals surface area contributed by atoms with Gasteiger partial charge in [0.25, 0.3) is 0 Å². The number of ketones is 1. The first-order valence-corrected chi connectivity index (χ1v) is 7.45. The van der Waals surface area contributed by atoms with Crippen LogP contribution in [-0.2, 0) is 13.0 Å². The van der Waals surface area contributed by atoms with Crippen LogP contribution in [0.15, 0.2) is 24.3 Å². The van der Waals surface area contributed by atoms with Crippen LogP contribution in [0.5, 0.6) is 0 Å². The van der Waals surface area contributed by atoms with Gasteiger partial charge in [0.05, 0.1) is 27.8 Å². The quantitative estimate of drug-likeness (QED) is 0.743. The number of pyridine rings is 1. The molecule has 0 atom stereocenters. The minimum Gasteiger partial charge on any atom is -0.397 e. The summed E-state index contributed by atoms with van der Waals surface area (Å²) in [5, 5.41) is 2.02. The zero-order valence-corrected chi connectivity index (χ0v) is 12.0. The molecule has 0 amide bonds. The molecule has 4 nitrogen and oxygen atoms in total. The molecule has 1 aromatic carbocycles. The lowest BCUT2D eigenvalue weighted by Gasteiger charge is -2.16. The number of hydrogen-bond donors (Lipinski definition) is 1. The van der Waals surface area contributed by atoms with E-state index in [0.717, 1.165) is 47.0 Å². The highest BCUT2D eigenvalue weighted by molar-refractivity contribution is 6.17. The Hall–Kier alpha value is -2.36. The van der Waals surface area contributed by atoms with Gasteiger partial charge in [0, 0.05) is 18.4 Å². The molecule has 0 fully saturated rings. The Morgan fingerprint density at radius 1 is 1.29 bits per heavy atom. The number of anilines is 1. The maximum atomic E-state index is 12.2. The van der Waals surface area contributed by atoms with Gasteiger partial charge in [-0.3, -0.25) is 4.79 Å². The summed E-state index contributed by atoms with van der Waals surface area (Å²) in [6.07, 6.45) is 2.29. The third kappa shape index (κ3) is 1.56. The number of fused-ring (bicyclic) bond motifs is 4. The van der Waals surface area contributed by atoms with Crippen molar-refractivity contribution in [2.45, 2.75) is 32.7 Å². The molecular weight excluding hydrogens is 262 g/mol. The molecule has 2 heterocycles. The summed E-state index contributed by atoms with van der Waals surface area (Å²) in [5.74, 6) is 0.136. The molecule has 3 aromatic rings. The maximum Gasteiger partial charge on any atom is 0.166 e. The van der Waals surface area contributed by atoms with Crippen LogP contribution < -0.4 is 5.73 Å². The number of nitrogen functional groups attached to an aromatic ring is 1. The zero-order valence-electron chi connectivity index (χ0n) is 12.0. The monoisotopic (exact) mass is 279 g/mol. The molecule has 0 bridgehead atoms. The predicted octanol–water partition coefficient (Wildman–Crippen LogP) is 3.31. The van der Waals surface area contributed by atoms with Gasteiger partial charge in [-0.2, -0.15) is 0 Å². The summed E-state index contributed by atoms with van der Waals surface area (Å²) in [5.41, 5.74) is 10.6. The fourth-order valence-electron chi connectivity index (χ4n) is 3.49. The van der Waals surface area contributed by atoms with Gasteiger partial charge in [-0.25, -0.2) is 4.98 Å². The topological polar surface area (TPSA) is 60.9 Å². The normalized spacial score (nSPS) is 14.8. The Morgan fingerprint density at radius 2 is 2.10 bits per heavy atom. The van der Waals surface area contributed by atoms with E-state index in [-0.39, 0.29) is 5.78 Å². The van der Waals surface area contributed by atoms with Gasteiger partial charge >= 0.3 is 0 Å². The van der Waals surface area contributed by atoms with E-state index >= 15 is 0 Å². The van der Waals surface area contributed by atoms with Gasteiger partial charge in [0.1, 0.15) is 5.65 Å². The first-order valence-electron chi connectivity index (χ1n) is 7.45. The van der Waals surface area contributed by atoms with Gasteiger partial charge in [-0.05, 0) is 25.8 Å². The maximum absolute atomic E-state index is 12.2. The number of hydrogen-bond acceptors (Lipinski definition) is 3. The number of carbonyl (C=O) groups is 1. The number of aryl methyl sites for hydroxylation is 2. The number of carbonyl (C=O) groups excluding carboxylic acids is 1. The Balaban J connectivity index is 2.24. The minimum atomic E-state index is 0.136. The summed E-state index contributed by atoms with van der Waals surface area (Å²) in [6, 6.07) is 8.17. The summed E-state index contributed by atoms with van der Waals surface area (Å²) < 4.78 is 2.18. The SMILES string of the molecule is CCn1c2ccccc2c2c(N)c3c(nc21)CCCC3=O. The highest BCUT2D eigenvalue weighted by atomic mass is 16.1. The summed E-state index contributed by atoms with van der Waals surface area (Å²) in [6.45, 7) is 2.94. The minimum absolute atomic E-state index is 0.136. The Bertz CT molecular complexity index is 892. The summed E-state index contributed by atoms with van der Waals surface area (Å²) >= 11 is 0. The Morgan fingerprint density at radius 3 is 2.90 bits per heavy atom. The zero-order chi connectivity index (χ0) is 14.6. The van der Waals surface area contributed by atoms with Gasteiger partial charge in [-0.15, -0.1) is 0 Å². The van der Waals surface area contributed by atoms with Crippen LogP contribution >= 0.6 is 0 Å². The number of nitrogens with zero attached hydrogens (tertiary/aromatic N) is 2. The number of nitrogens with two attached hydrogens (primary N) is 1. The highest BCUT2D eigenvalue weighted by Crippen LogP contribution is 2.37.